The Kier molecular flexibility index (Phi) is 5.69. The van der Waals surface area contributed by atoms with Crippen LogP contribution in [0.3, 0.4) is 0 Å². The molecule has 0 radical (unpaired) electrons. The van der Waals surface area contributed by atoms with Crippen molar-refractivity contribution in [1.82, 2.24) is 10.2 Å². The van der Waals surface area contributed by atoms with E-state index in [4.69, 9.17) is 9.84 Å². The third-order valence-electron chi connectivity index (χ3n) is 5.23. The summed E-state index contributed by atoms with van der Waals surface area (Å²) in [6.07, 6.45) is 3.85. The number of aliphatic carboxylic acids is 1. The lowest BCUT2D eigenvalue weighted by molar-refractivity contribution is -0.141. The first-order valence-corrected chi connectivity index (χ1v) is 9.44. The van der Waals surface area contributed by atoms with Gasteiger partial charge in [-0.3, -0.25) is 14.5 Å². The van der Waals surface area contributed by atoms with Crippen LogP contribution in [0, 0.1) is 11.7 Å². The predicted molar refractivity (Wildman–Crippen MR) is 98.0 cm³/mol. The number of benzene rings is 1. The molecule has 0 atom stereocenters. The minimum absolute atomic E-state index is 0.0223. The van der Waals surface area contributed by atoms with Crippen LogP contribution in [0.25, 0.3) is 0 Å². The Balaban J connectivity index is 1.48. The summed E-state index contributed by atoms with van der Waals surface area (Å²) in [6, 6.07) is 5.78. The lowest BCUT2D eigenvalue weighted by Crippen LogP contribution is -2.58. The number of hydrogen-bond acceptors (Lipinski definition) is 4. The average molecular weight is 378 g/mol. The maximum atomic E-state index is 13.0. The van der Waals surface area contributed by atoms with E-state index in [1.165, 1.54) is 37.1 Å². The molecule has 0 saturated heterocycles. The molecular formula is C20H27FN2O4. The van der Waals surface area contributed by atoms with E-state index in [-0.39, 0.29) is 30.4 Å². The van der Waals surface area contributed by atoms with Crippen molar-refractivity contribution < 1.29 is 23.8 Å². The number of carboxylic acids is 1. The van der Waals surface area contributed by atoms with Gasteiger partial charge in [0.25, 0.3) is 5.91 Å². The van der Waals surface area contributed by atoms with Crippen LogP contribution in [-0.2, 0) is 9.59 Å². The predicted octanol–water partition coefficient (Wildman–Crippen LogP) is 2.43. The van der Waals surface area contributed by atoms with E-state index in [0.717, 1.165) is 19.4 Å². The van der Waals surface area contributed by atoms with Gasteiger partial charge in [0, 0.05) is 18.6 Å². The van der Waals surface area contributed by atoms with Crippen LogP contribution >= 0.6 is 0 Å². The minimum atomic E-state index is -1.09. The molecule has 0 aromatic heterocycles. The first-order valence-electron chi connectivity index (χ1n) is 9.44. The molecule has 1 aromatic carbocycles. The molecule has 2 fully saturated rings. The van der Waals surface area contributed by atoms with E-state index in [1.54, 1.807) is 13.8 Å². The number of amides is 1. The van der Waals surface area contributed by atoms with Gasteiger partial charge in [-0.1, -0.05) is 0 Å². The maximum absolute atomic E-state index is 13.0. The van der Waals surface area contributed by atoms with Gasteiger partial charge < -0.3 is 15.2 Å². The van der Waals surface area contributed by atoms with Crippen LogP contribution in [0.15, 0.2) is 24.3 Å². The van der Waals surface area contributed by atoms with Crippen LogP contribution < -0.4 is 10.1 Å². The Labute approximate surface area is 158 Å². The molecule has 1 amide bonds. The molecule has 0 spiro atoms. The van der Waals surface area contributed by atoms with E-state index in [2.05, 4.69) is 5.32 Å². The number of halogens is 1. The zero-order valence-corrected chi connectivity index (χ0v) is 15.8. The van der Waals surface area contributed by atoms with Gasteiger partial charge in [-0.25, -0.2) is 4.39 Å². The van der Waals surface area contributed by atoms with Crippen molar-refractivity contribution >= 4 is 11.9 Å². The van der Waals surface area contributed by atoms with E-state index >= 15 is 0 Å². The molecule has 7 heteroatoms. The summed E-state index contributed by atoms with van der Waals surface area (Å²) >= 11 is 0. The molecule has 1 aromatic rings. The van der Waals surface area contributed by atoms with Crippen molar-refractivity contribution in [2.75, 3.05) is 13.1 Å². The van der Waals surface area contributed by atoms with Gasteiger partial charge in [0.1, 0.15) is 11.6 Å². The number of carbonyl (C=O) groups is 2. The molecule has 0 bridgehead atoms. The molecule has 2 N–H and O–H groups in total. The summed E-state index contributed by atoms with van der Waals surface area (Å²) in [6.45, 7) is 4.23. The van der Waals surface area contributed by atoms with Crippen molar-refractivity contribution in [1.29, 1.82) is 0 Å². The Bertz CT molecular complexity index is 682. The van der Waals surface area contributed by atoms with Crippen molar-refractivity contribution in [3.8, 4) is 5.75 Å². The zero-order valence-electron chi connectivity index (χ0n) is 15.8. The van der Waals surface area contributed by atoms with E-state index in [1.807, 2.05) is 4.90 Å². The Morgan fingerprint density at radius 1 is 1.26 bits per heavy atom. The molecule has 2 aliphatic carbocycles. The number of nitrogens with one attached hydrogen (secondary N) is 1. The fraction of sp³-hybridized carbons (Fsp3) is 0.600. The second-order valence-corrected chi connectivity index (χ2v) is 8.13. The standard InChI is InChI=1S/C20H27FN2O4/c1-20(2,27-17-7-5-14(21)6-8-17)19(26)22-15-9-16(10-15)23(12-18(24)25)11-13-3-4-13/h5-8,13,15-16H,3-4,9-12H2,1-2H3,(H,22,26)(H,24,25). The highest BCUT2D eigenvalue weighted by atomic mass is 19.1. The number of nitrogens with zero attached hydrogens (tertiary/aromatic N) is 1. The molecule has 0 unspecified atom stereocenters. The lowest BCUT2D eigenvalue weighted by atomic mass is 9.84. The largest absolute Gasteiger partial charge is 0.480 e. The maximum Gasteiger partial charge on any atom is 0.317 e. The van der Waals surface area contributed by atoms with Gasteiger partial charge in [-0.05, 0) is 69.7 Å². The van der Waals surface area contributed by atoms with Gasteiger partial charge in [0.2, 0.25) is 0 Å². The average Bonchev–Trinajstić information content (AvgIpc) is 3.35. The normalized spacial score (nSPS) is 22.2. The van der Waals surface area contributed by atoms with Crippen LogP contribution in [-0.4, -0.2) is 52.7 Å². The molecule has 27 heavy (non-hydrogen) atoms. The molecule has 0 aliphatic heterocycles. The van der Waals surface area contributed by atoms with Crippen molar-refractivity contribution in [3.05, 3.63) is 30.1 Å². The highest BCUT2D eigenvalue weighted by Gasteiger charge is 2.40. The summed E-state index contributed by atoms with van der Waals surface area (Å²) in [5.74, 6) is -0.345. The molecule has 2 aliphatic rings. The van der Waals surface area contributed by atoms with E-state index in [9.17, 15) is 14.0 Å². The highest BCUT2D eigenvalue weighted by molar-refractivity contribution is 5.85. The minimum Gasteiger partial charge on any atom is -0.480 e. The third kappa shape index (κ3) is 5.42. The molecular weight excluding hydrogens is 351 g/mol. The van der Waals surface area contributed by atoms with E-state index in [0.29, 0.717) is 11.7 Å². The van der Waals surface area contributed by atoms with Crippen molar-refractivity contribution in [2.45, 2.75) is 57.2 Å². The monoisotopic (exact) mass is 378 g/mol. The number of ether oxygens (including phenoxy) is 1. The van der Waals surface area contributed by atoms with Gasteiger partial charge in [-0.15, -0.1) is 0 Å². The second-order valence-electron chi connectivity index (χ2n) is 8.13. The smallest absolute Gasteiger partial charge is 0.317 e. The fourth-order valence-electron chi connectivity index (χ4n) is 3.36. The van der Waals surface area contributed by atoms with Crippen molar-refractivity contribution in [2.24, 2.45) is 5.92 Å². The summed E-state index contributed by atoms with van der Waals surface area (Å²) in [5.41, 5.74) is -1.09. The summed E-state index contributed by atoms with van der Waals surface area (Å²) in [7, 11) is 0. The Hall–Kier alpha value is -2.15. The van der Waals surface area contributed by atoms with Gasteiger partial charge >= 0.3 is 5.97 Å². The summed E-state index contributed by atoms with van der Waals surface area (Å²) in [4.78, 5) is 25.7. The highest BCUT2D eigenvalue weighted by Crippen LogP contribution is 2.34. The van der Waals surface area contributed by atoms with Crippen molar-refractivity contribution in [3.63, 3.8) is 0 Å². The molecule has 2 saturated carbocycles. The molecule has 6 nitrogen and oxygen atoms in total. The first kappa shape index (κ1) is 19.6. The number of hydrogen-bond donors (Lipinski definition) is 2. The number of rotatable bonds is 9. The van der Waals surface area contributed by atoms with E-state index < -0.39 is 11.6 Å². The second kappa shape index (κ2) is 7.84. The number of carboxylic acid groups (broad SMARTS) is 1. The first-order chi connectivity index (χ1) is 12.7. The summed E-state index contributed by atoms with van der Waals surface area (Å²) in [5, 5.41) is 12.1. The van der Waals surface area contributed by atoms with Gasteiger partial charge in [-0.2, -0.15) is 0 Å². The Morgan fingerprint density at radius 2 is 1.89 bits per heavy atom. The fourth-order valence-corrected chi connectivity index (χ4v) is 3.36. The molecule has 148 valence electrons. The van der Waals surface area contributed by atoms with Crippen LogP contribution in [0.5, 0.6) is 5.75 Å². The molecule has 0 heterocycles. The van der Waals surface area contributed by atoms with Gasteiger partial charge in [0.15, 0.2) is 5.60 Å². The Morgan fingerprint density at radius 3 is 2.44 bits per heavy atom. The third-order valence-corrected chi connectivity index (χ3v) is 5.23. The van der Waals surface area contributed by atoms with Crippen LogP contribution in [0.2, 0.25) is 0 Å². The van der Waals surface area contributed by atoms with Crippen LogP contribution in [0.1, 0.15) is 39.5 Å². The summed E-state index contributed by atoms with van der Waals surface area (Å²) < 4.78 is 18.7. The quantitative estimate of drug-likeness (QED) is 0.690. The lowest BCUT2D eigenvalue weighted by Gasteiger charge is -2.43. The zero-order chi connectivity index (χ0) is 19.6. The van der Waals surface area contributed by atoms with Gasteiger partial charge in [0.05, 0.1) is 6.54 Å². The number of carbonyl (C=O) groups excluding carboxylic acids is 1. The van der Waals surface area contributed by atoms with Crippen LogP contribution in [0.4, 0.5) is 4.39 Å². The molecule has 3 rings (SSSR count). The topological polar surface area (TPSA) is 78.9 Å². The SMILES string of the molecule is CC(C)(Oc1ccc(F)cc1)C(=O)NC1CC(N(CC(=O)O)CC2CC2)C1.